The van der Waals surface area contributed by atoms with Crippen LogP contribution in [0.2, 0.25) is 0 Å². The van der Waals surface area contributed by atoms with E-state index in [-0.39, 0.29) is 5.78 Å². The lowest BCUT2D eigenvalue weighted by Crippen LogP contribution is -2.53. The molecule has 0 amide bonds. The molecule has 2 aliphatic rings. The van der Waals surface area contributed by atoms with Gasteiger partial charge in [0.1, 0.15) is 0 Å². The van der Waals surface area contributed by atoms with E-state index >= 15 is 0 Å². The van der Waals surface area contributed by atoms with Crippen molar-refractivity contribution < 1.29 is 4.79 Å². The largest absolute Gasteiger partial charge is 0.303 e. The van der Waals surface area contributed by atoms with E-state index in [9.17, 15) is 4.79 Å². The highest BCUT2D eigenvalue weighted by molar-refractivity contribution is 9.10. The summed E-state index contributed by atoms with van der Waals surface area (Å²) >= 11 is 3.44. The highest BCUT2D eigenvalue weighted by Gasteiger charge is 2.34. The molecular weight excluding hydrogens is 328 g/mol. The lowest BCUT2D eigenvalue weighted by atomic mass is 9.84. The smallest absolute Gasteiger partial charge is 0.176 e. The summed E-state index contributed by atoms with van der Waals surface area (Å²) in [6.07, 6.45) is 3.81. The third-order valence-electron chi connectivity index (χ3n) is 4.94. The summed E-state index contributed by atoms with van der Waals surface area (Å²) < 4.78 is 0.973. The van der Waals surface area contributed by atoms with E-state index in [0.29, 0.717) is 6.54 Å². The number of benzene rings is 1. The van der Waals surface area contributed by atoms with Gasteiger partial charge in [0.15, 0.2) is 5.78 Å². The van der Waals surface area contributed by atoms with Gasteiger partial charge in [0.05, 0.1) is 6.54 Å². The molecule has 0 radical (unpaired) electrons. The Balaban J connectivity index is 1.60. The first-order valence-electron chi connectivity index (χ1n) is 7.85. The van der Waals surface area contributed by atoms with Crippen LogP contribution in [-0.2, 0) is 0 Å². The molecule has 2 saturated heterocycles. The summed E-state index contributed by atoms with van der Waals surface area (Å²) in [4.78, 5) is 17.3. The van der Waals surface area contributed by atoms with Crippen LogP contribution in [0.3, 0.4) is 0 Å². The van der Waals surface area contributed by atoms with Gasteiger partial charge in [-0.05, 0) is 50.9 Å². The summed E-state index contributed by atoms with van der Waals surface area (Å²) in [6.45, 7) is 3.92. The molecule has 1 aromatic carbocycles. The monoisotopic (exact) mass is 350 g/mol. The Labute approximate surface area is 135 Å². The van der Waals surface area contributed by atoms with E-state index in [2.05, 4.69) is 32.8 Å². The molecule has 0 saturated carbocycles. The second-order valence-electron chi connectivity index (χ2n) is 6.41. The number of halogens is 1. The van der Waals surface area contributed by atoms with Crippen molar-refractivity contribution in [1.29, 1.82) is 0 Å². The Kier molecular flexibility index (Phi) is 4.77. The number of piperidine rings is 2. The van der Waals surface area contributed by atoms with Crippen LogP contribution in [0, 0.1) is 5.92 Å². The van der Waals surface area contributed by atoms with E-state index in [1.54, 1.807) is 0 Å². The van der Waals surface area contributed by atoms with Gasteiger partial charge in [-0.2, -0.15) is 0 Å². The molecule has 3 nitrogen and oxygen atoms in total. The van der Waals surface area contributed by atoms with E-state index in [4.69, 9.17) is 0 Å². The molecule has 2 aliphatic heterocycles. The number of carbonyl (C=O) groups excluding carboxylic acids is 1. The van der Waals surface area contributed by atoms with Crippen LogP contribution in [0.5, 0.6) is 0 Å². The topological polar surface area (TPSA) is 23.6 Å². The normalized spacial score (nSPS) is 27.3. The molecule has 0 N–H and O–H groups in total. The van der Waals surface area contributed by atoms with E-state index in [1.165, 1.54) is 25.8 Å². The minimum Gasteiger partial charge on any atom is -0.303 e. The van der Waals surface area contributed by atoms with E-state index in [0.717, 1.165) is 35.1 Å². The van der Waals surface area contributed by atoms with Gasteiger partial charge in [0.25, 0.3) is 0 Å². The van der Waals surface area contributed by atoms with Crippen LogP contribution < -0.4 is 0 Å². The molecule has 0 aliphatic carbocycles. The molecule has 2 atom stereocenters. The number of likely N-dealkylation sites (tertiary alicyclic amines) is 2. The first-order chi connectivity index (χ1) is 10.1. The molecule has 114 valence electrons. The van der Waals surface area contributed by atoms with Crippen LogP contribution in [0.4, 0.5) is 0 Å². The number of fused-ring (bicyclic) bond motifs is 1. The number of rotatable bonds is 3. The summed E-state index contributed by atoms with van der Waals surface area (Å²) in [5.74, 6) is 0.978. The number of hydrogen-bond acceptors (Lipinski definition) is 3. The predicted octanol–water partition coefficient (Wildman–Crippen LogP) is 3.05. The molecular formula is C17H23BrN2O. The van der Waals surface area contributed by atoms with Gasteiger partial charge in [-0.25, -0.2) is 0 Å². The van der Waals surface area contributed by atoms with Gasteiger partial charge in [0.2, 0.25) is 0 Å². The van der Waals surface area contributed by atoms with Crippen molar-refractivity contribution in [3.8, 4) is 0 Å². The second kappa shape index (κ2) is 6.59. The molecule has 2 unspecified atom stereocenters. The fraction of sp³-hybridized carbons (Fsp3) is 0.588. The maximum atomic E-state index is 12.4. The Bertz CT molecular complexity index is 519. The van der Waals surface area contributed by atoms with Crippen molar-refractivity contribution in [3.05, 3.63) is 34.3 Å². The average Bonchev–Trinajstić information content (AvgIpc) is 2.47. The van der Waals surface area contributed by atoms with Crippen molar-refractivity contribution in [2.75, 3.05) is 33.2 Å². The van der Waals surface area contributed by atoms with Gasteiger partial charge in [-0.15, -0.1) is 0 Å². The second-order valence-corrected chi connectivity index (χ2v) is 7.32. The average molecular weight is 351 g/mol. The van der Waals surface area contributed by atoms with Crippen LogP contribution in [0.1, 0.15) is 29.6 Å². The fourth-order valence-corrected chi connectivity index (χ4v) is 4.23. The van der Waals surface area contributed by atoms with Gasteiger partial charge in [-0.3, -0.25) is 9.69 Å². The molecule has 2 fully saturated rings. The van der Waals surface area contributed by atoms with Gasteiger partial charge < -0.3 is 4.90 Å². The maximum absolute atomic E-state index is 12.4. The molecule has 4 heteroatoms. The molecule has 1 aromatic rings. The Hall–Kier alpha value is -0.710. The maximum Gasteiger partial charge on any atom is 0.176 e. The Morgan fingerprint density at radius 1 is 1.33 bits per heavy atom. The van der Waals surface area contributed by atoms with Gasteiger partial charge >= 0.3 is 0 Å². The van der Waals surface area contributed by atoms with Crippen molar-refractivity contribution in [2.24, 2.45) is 5.92 Å². The van der Waals surface area contributed by atoms with Crippen molar-refractivity contribution in [1.82, 2.24) is 9.80 Å². The Morgan fingerprint density at radius 2 is 2.19 bits per heavy atom. The van der Waals surface area contributed by atoms with Crippen LogP contribution in [0.15, 0.2) is 28.7 Å². The van der Waals surface area contributed by atoms with Crippen LogP contribution >= 0.6 is 15.9 Å². The van der Waals surface area contributed by atoms with Crippen molar-refractivity contribution in [3.63, 3.8) is 0 Å². The third-order valence-corrected chi connectivity index (χ3v) is 5.44. The number of carbonyl (C=O) groups is 1. The fourth-order valence-electron chi connectivity index (χ4n) is 3.83. The first-order valence-corrected chi connectivity index (χ1v) is 8.64. The molecule has 21 heavy (non-hydrogen) atoms. The summed E-state index contributed by atoms with van der Waals surface area (Å²) in [5, 5.41) is 0. The molecule has 0 bridgehead atoms. The third kappa shape index (κ3) is 3.55. The lowest BCUT2D eigenvalue weighted by Gasteiger charge is -2.45. The molecule has 3 rings (SSSR count). The van der Waals surface area contributed by atoms with Gasteiger partial charge in [-0.1, -0.05) is 28.1 Å². The highest BCUT2D eigenvalue weighted by Crippen LogP contribution is 2.29. The minimum atomic E-state index is 0.235. The first kappa shape index (κ1) is 15.2. The van der Waals surface area contributed by atoms with Crippen LogP contribution in [-0.4, -0.2) is 54.9 Å². The zero-order valence-corrected chi connectivity index (χ0v) is 14.2. The molecule has 0 spiro atoms. The summed E-state index contributed by atoms with van der Waals surface area (Å²) in [6, 6.07) is 8.45. The van der Waals surface area contributed by atoms with Crippen LogP contribution in [0.25, 0.3) is 0 Å². The van der Waals surface area contributed by atoms with Crippen molar-refractivity contribution in [2.45, 2.75) is 25.3 Å². The molecule has 2 heterocycles. The quantitative estimate of drug-likeness (QED) is 0.782. The highest BCUT2D eigenvalue weighted by atomic mass is 79.9. The number of nitrogens with zero attached hydrogens (tertiary/aromatic N) is 2. The van der Waals surface area contributed by atoms with Crippen molar-refractivity contribution >= 4 is 21.7 Å². The minimum absolute atomic E-state index is 0.235. The number of ketones is 1. The predicted molar refractivity (Wildman–Crippen MR) is 88.7 cm³/mol. The number of hydrogen-bond donors (Lipinski definition) is 0. The summed E-state index contributed by atoms with van der Waals surface area (Å²) in [7, 11) is 2.25. The zero-order valence-electron chi connectivity index (χ0n) is 12.6. The summed E-state index contributed by atoms with van der Waals surface area (Å²) in [5.41, 5.74) is 0.812. The standard InChI is InChI=1S/C17H23BrN2O/c1-19-8-3-5-14-11-20(9-7-16(14)19)12-17(21)13-4-2-6-15(18)10-13/h2,4,6,10,14,16H,3,5,7-9,11-12H2,1H3. The SMILES string of the molecule is CN1CCCC2CN(CC(=O)c3cccc(Br)c3)CCC21. The van der Waals surface area contributed by atoms with E-state index in [1.807, 2.05) is 24.3 Å². The van der Waals surface area contributed by atoms with Gasteiger partial charge in [0, 0.05) is 29.2 Å². The zero-order chi connectivity index (χ0) is 14.8. The number of Topliss-reactive ketones (excluding diaryl/α,β-unsaturated/α-hetero) is 1. The Morgan fingerprint density at radius 3 is 3.00 bits per heavy atom. The van der Waals surface area contributed by atoms with E-state index < -0.39 is 0 Å². The molecule has 0 aromatic heterocycles. The lowest BCUT2D eigenvalue weighted by molar-refractivity contribution is 0.0378.